The molecule has 0 spiro atoms. The van der Waals surface area contributed by atoms with E-state index in [4.69, 9.17) is 4.42 Å². The summed E-state index contributed by atoms with van der Waals surface area (Å²) in [6, 6.07) is 79.0. The van der Waals surface area contributed by atoms with E-state index in [1.165, 1.54) is 60.0 Å². The van der Waals surface area contributed by atoms with Gasteiger partial charge in [0.05, 0.1) is 11.0 Å². The van der Waals surface area contributed by atoms with Crippen LogP contribution < -0.4 is 4.90 Å². The molecule has 0 amide bonds. The Kier molecular flexibility index (Phi) is 7.54. The molecule has 12 rings (SSSR count). The molecule has 2 heterocycles. The molecule has 0 radical (unpaired) electrons. The Bertz CT molecular complexity index is 3510. The molecular weight excluding hydrogens is 717 g/mol. The number of hydrogen-bond donors (Lipinski definition) is 0. The predicted octanol–water partition coefficient (Wildman–Crippen LogP) is 15.8. The average Bonchev–Trinajstić information content (AvgIpc) is 3.84. The van der Waals surface area contributed by atoms with Crippen molar-refractivity contribution in [2.45, 2.75) is 0 Å². The first-order chi connectivity index (χ1) is 29.2. The van der Waals surface area contributed by atoms with Crippen molar-refractivity contribution in [3.05, 3.63) is 218 Å². The van der Waals surface area contributed by atoms with Gasteiger partial charge in [-0.1, -0.05) is 140 Å². The topological polar surface area (TPSA) is 21.3 Å². The molecule has 0 bridgehead atoms. The highest BCUT2D eigenvalue weighted by Crippen LogP contribution is 2.42. The van der Waals surface area contributed by atoms with Gasteiger partial charge in [-0.2, -0.15) is 0 Å². The molecule has 0 saturated carbocycles. The van der Waals surface area contributed by atoms with Crippen LogP contribution in [0.2, 0.25) is 0 Å². The largest absolute Gasteiger partial charge is 0.456 e. The summed E-state index contributed by atoms with van der Waals surface area (Å²) < 4.78 is 8.58. The summed E-state index contributed by atoms with van der Waals surface area (Å²) in [6.07, 6.45) is 0. The van der Waals surface area contributed by atoms with Gasteiger partial charge in [-0.3, -0.25) is 0 Å². The van der Waals surface area contributed by atoms with Crippen LogP contribution in [0.5, 0.6) is 0 Å². The molecule has 0 saturated heterocycles. The molecule has 276 valence electrons. The Hall–Kier alpha value is -7.88. The van der Waals surface area contributed by atoms with Crippen LogP contribution in [0.15, 0.2) is 223 Å². The molecule has 3 nitrogen and oxygen atoms in total. The standard InChI is InChI=1S/C56H36N2O/c1-3-14-39-32-44(27-24-37(39)12-1)57(45-28-25-38-13-2-4-15-40(38)33-45)43-17-11-16-41(34-43)47-18-5-6-19-48(47)42-26-30-54-51(35-42)49-20-7-9-22-53(49)58(54)46-29-31-56-52(36-46)50-21-8-10-23-55(50)59-56/h1-36H. The number of hydrogen-bond acceptors (Lipinski definition) is 2. The summed E-state index contributed by atoms with van der Waals surface area (Å²) in [5.41, 5.74) is 13.3. The second-order valence-corrected chi connectivity index (χ2v) is 15.4. The minimum absolute atomic E-state index is 0.899. The number of furan rings is 1. The van der Waals surface area contributed by atoms with Crippen LogP contribution in [0.4, 0.5) is 17.1 Å². The molecule has 0 fully saturated rings. The third-order valence-corrected chi connectivity index (χ3v) is 11.9. The highest BCUT2D eigenvalue weighted by Gasteiger charge is 2.18. The van der Waals surface area contributed by atoms with E-state index in [9.17, 15) is 0 Å². The lowest BCUT2D eigenvalue weighted by molar-refractivity contribution is 0.669. The molecule has 0 atom stereocenters. The first kappa shape index (κ1) is 33.3. The molecule has 59 heavy (non-hydrogen) atoms. The van der Waals surface area contributed by atoms with Crippen LogP contribution in [0.25, 0.3) is 93.2 Å². The molecule has 3 heteroatoms. The molecule has 0 aliphatic carbocycles. The maximum atomic E-state index is 6.20. The van der Waals surface area contributed by atoms with Gasteiger partial charge in [0.25, 0.3) is 0 Å². The van der Waals surface area contributed by atoms with Crippen molar-refractivity contribution in [2.75, 3.05) is 4.90 Å². The van der Waals surface area contributed by atoms with E-state index in [0.29, 0.717) is 0 Å². The Morgan fingerprint density at radius 3 is 1.64 bits per heavy atom. The molecular formula is C56H36N2O. The smallest absolute Gasteiger partial charge is 0.135 e. The zero-order valence-corrected chi connectivity index (χ0v) is 32.1. The summed E-state index contributed by atoms with van der Waals surface area (Å²) in [5.74, 6) is 0. The maximum absolute atomic E-state index is 6.20. The minimum Gasteiger partial charge on any atom is -0.456 e. The maximum Gasteiger partial charge on any atom is 0.135 e. The van der Waals surface area contributed by atoms with Crippen molar-refractivity contribution in [1.29, 1.82) is 0 Å². The van der Waals surface area contributed by atoms with Crippen molar-refractivity contribution in [3.8, 4) is 27.9 Å². The lowest BCUT2D eigenvalue weighted by Crippen LogP contribution is -2.10. The lowest BCUT2D eigenvalue weighted by Gasteiger charge is -2.27. The summed E-state index contributed by atoms with van der Waals surface area (Å²) in [6.45, 7) is 0. The fourth-order valence-corrected chi connectivity index (χ4v) is 9.15. The number of fused-ring (bicyclic) bond motifs is 8. The minimum atomic E-state index is 0.899. The fraction of sp³-hybridized carbons (Fsp3) is 0. The Labute approximate surface area is 341 Å². The molecule has 2 aromatic heterocycles. The zero-order valence-electron chi connectivity index (χ0n) is 32.1. The summed E-state index contributed by atoms with van der Waals surface area (Å²) in [5, 5.41) is 9.58. The number of benzene rings is 10. The highest BCUT2D eigenvalue weighted by molar-refractivity contribution is 6.12. The summed E-state index contributed by atoms with van der Waals surface area (Å²) >= 11 is 0. The van der Waals surface area contributed by atoms with Gasteiger partial charge in [-0.05, 0) is 123 Å². The van der Waals surface area contributed by atoms with Gasteiger partial charge in [0.2, 0.25) is 0 Å². The number of nitrogens with zero attached hydrogens (tertiary/aromatic N) is 2. The van der Waals surface area contributed by atoms with E-state index in [0.717, 1.165) is 50.3 Å². The highest BCUT2D eigenvalue weighted by atomic mass is 16.3. The molecule has 0 unspecified atom stereocenters. The van der Waals surface area contributed by atoms with Crippen molar-refractivity contribution in [2.24, 2.45) is 0 Å². The van der Waals surface area contributed by atoms with Crippen LogP contribution >= 0.6 is 0 Å². The first-order valence-electron chi connectivity index (χ1n) is 20.2. The quantitative estimate of drug-likeness (QED) is 0.169. The van der Waals surface area contributed by atoms with Crippen molar-refractivity contribution in [3.63, 3.8) is 0 Å². The number of aromatic nitrogens is 1. The van der Waals surface area contributed by atoms with Gasteiger partial charge in [0.1, 0.15) is 11.2 Å². The Morgan fingerprint density at radius 1 is 0.322 bits per heavy atom. The van der Waals surface area contributed by atoms with Gasteiger partial charge in [0, 0.05) is 44.3 Å². The Morgan fingerprint density at radius 2 is 0.898 bits per heavy atom. The van der Waals surface area contributed by atoms with Crippen LogP contribution in [0.3, 0.4) is 0 Å². The molecule has 12 aromatic rings. The number of anilines is 3. The van der Waals surface area contributed by atoms with Gasteiger partial charge in [-0.15, -0.1) is 0 Å². The normalized spacial score (nSPS) is 11.7. The fourth-order valence-electron chi connectivity index (χ4n) is 9.15. The van der Waals surface area contributed by atoms with E-state index < -0.39 is 0 Å². The zero-order chi connectivity index (χ0) is 38.9. The molecule has 10 aromatic carbocycles. The average molecular weight is 753 g/mol. The molecule has 0 aliphatic rings. The van der Waals surface area contributed by atoms with E-state index in [-0.39, 0.29) is 0 Å². The van der Waals surface area contributed by atoms with Crippen molar-refractivity contribution >= 4 is 82.4 Å². The molecule has 0 aliphatic heterocycles. The van der Waals surface area contributed by atoms with E-state index in [2.05, 4.69) is 216 Å². The van der Waals surface area contributed by atoms with Gasteiger partial charge in [-0.25, -0.2) is 0 Å². The van der Waals surface area contributed by atoms with E-state index >= 15 is 0 Å². The predicted molar refractivity (Wildman–Crippen MR) is 249 cm³/mol. The van der Waals surface area contributed by atoms with Gasteiger partial charge >= 0.3 is 0 Å². The molecule has 0 N–H and O–H groups in total. The lowest BCUT2D eigenvalue weighted by atomic mass is 9.93. The monoisotopic (exact) mass is 752 g/mol. The number of para-hydroxylation sites is 2. The van der Waals surface area contributed by atoms with Gasteiger partial charge < -0.3 is 13.9 Å². The Balaban J connectivity index is 0.993. The van der Waals surface area contributed by atoms with Crippen molar-refractivity contribution < 1.29 is 4.42 Å². The third-order valence-electron chi connectivity index (χ3n) is 11.9. The first-order valence-corrected chi connectivity index (χ1v) is 20.2. The summed E-state index contributed by atoms with van der Waals surface area (Å²) in [4.78, 5) is 2.38. The van der Waals surface area contributed by atoms with Crippen LogP contribution in [0, 0.1) is 0 Å². The van der Waals surface area contributed by atoms with Crippen LogP contribution in [-0.4, -0.2) is 4.57 Å². The van der Waals surface area contributed by atoms with Crippen LogP contribution in [0.1, 0.15) is 0 Å². The summed E-state index contributed by atoms with van der Waals surface area (Å²) in [7, 11) is 0. The third kappa shape index (κ3) is 5.51. The van der Waals surface area contributed by atoms with Crippen LogP contribution in [-0.2, 0) is 0 Å². The number of rotatable bonds is 6. The van der Waals surface area contributed by atoms with Gasteiger partial charge in [0.15, 0.2) is 0 Å². The van der Waals surface area contributed by atoms with E-state index in [1.807, 2.05) is 12.1 Å². The second kappa shape index (κ2) is 13.4. The second-order valence-electron chi connectivity index (χ2n) is 15.4. The van der Waals surface area contributed by atoms with Crippen molar-refractivity contribution in [1.82, 2.24) is 4.57 Å². The SMILES string of the molecule is c1cc(-c2ccccc2-c2ccc3c(c2)c2ccccc2n3-c2ccc3oc4ccccc4c3c2)cc(N(c2ccc3ccccc3c2)c2ccc3ccccc3c2)c1. The van der Waals surface area contributed by atoms with E-state index in [1.54, 1.807) is 0 Å².